The predicted octanol–water partition coefficient (Wildman–Crippen LogP) is 2.66. The van der Waals surface area contributed by atoms with E-state index in [1.807, 2.05) is 18.3 Å². The molecule has 3 heteroatoms. The molecule has 0 amide bonds. The van der Waals surface area contributed by atoms with Gasteiger partial charge in [0.05, 0.1) is 18.3 Å². The summed E-state index contributed by atoms with van der Waals surface area (Å²) in [5.41, 5.74) is 3.76. The van der Waals surface area contributed by atoms with Gasteiger partial charge >= 0.3 is 0 Å². The first kappa shape index (κ1) is 12.2. The van der Waals surface area contributed by atoms with Gasteiger partial charge in [0, 0.05) is 32.0 Å². The highest BCUT2D eigenvalue weighted by Gasteiger charge is 2.24. The van der Waals surface area contributed by atoms with Crippen LogP contribution in [-0.4, -0.2) is 24.7 Å². The van der Waals surface area contributed by atoms with Crippen molar-refractivity contribution in [1.82, 2.24) is 4.98 Å². The Bertz CT molecular complexity index is 541. The molecule has 2 heterocycles. The van der Waals surface area contributed by atoms with Crippen LogP contribution in [0.4, 0.5) is 5.69 Å². The Morgan fingerprint density at radius 2 is 2.05 bits per heavy atom. The van der Waals surface area contributed by atoms with Gasteiger partial charge in [-0.1, -0.05) is 24.3 Å². The van der Waals surface area contributed by atoms with E-state index in [1.165, 1.54) is 11.3 Å². The number of methoxy groups -OCH3 is 1. The Labute approximate surface area is 113 Å². The van der Waals surface area contributed by atoms with Gasteiger partial charge in [0.25, 0.3) is 0 Å². The van der Waals surface area contributed by atoms with Crippen LogP contribution in [0.3, 0.4) is 0 Å². The fourth-order valence-electron chi connectivity index (χ4n) is 2.64. The first-order chi connectivity index (χ1) is 9.36. The summed E-state index contributed by atoms with van der Waals surface area (Å²) in [6.07, 6.45) is 3.10. The maximum atomic E-state index is 5.55. The molecule has 3 nitrogen and oxygen atoms in total. The Morgan fingerprint density at radius 1 is 1.21 bits per heavy atom. The van der Waals surface area contributed by atoms with Gasteiger partial charge in [-0.15, -0.1) is 0 Å². The highest BCUT2D eigenvalue weighted by molar-refractivity contribution is 5.56. The highest BCUT2D eigenvalue weighted by atomic mass is 16.5. The van der Waals surface area contributed by atoms with E-state index in [1.54, 1.807) is 7.11 Å². The molecule has 0 bridgehead atoms. The molecule has 1 aliphatic heterocycles. The normalized spacial score (nSPS) is 18.2. The number of anilines is 1. The largest absolute Gasteiger partial charge is 0.379 e. The summed E-state index contributed by atoms with van der Waals surface area (Å²) < 4.78 is 5.55. The predicted molar refractivity (Wildman–Crippen MR) is 76.2 cm³/mol. The molecule has 2 aromatic rings. The third-order valence-electron chi connectivity index (χ3n) is 3.62. The van der Waals surface area contributed by atoms with Crippen molar-refractivity contribution >= 4 is 5.69 Å². The topological polar surface area (TPSA) is 25.4 Å². The van der Waals surface area contributed by atoms with Crippen molar-refractivity contribution < 1.29 is 4.74 Å². The molecule has 1 aliphatic rings. The van der Waals surface area contributed by atoms with E-state index in [0.717, 1.165) is 25.2 Å². The first-order valence-electron chi connectivity index (χ1n) is 6.62. The molecule has 0 saturated carbocycles. The van der Waals surface area contributed by atoms with Gasteiger partial charge < -0.3 is 9.64 Å². The van der Waals surface area contributed by atoms with Crippen molar-refractivity contribution in [3.8, 4) is 0 Å². The average molecular weight is 254 g/mol. The summed E-state index contributed by atoms with van der Waals surface area (Å²) in [6, 6.07) is 14.6. The van der Waals surface area contributed by atoms with E-state index in [4.69, 9.17) is 4.74 Å². The van der Waals surface area contributed by atoms with Gasteiger partial charge in [0.2, 0.25) is 0 Å². The van der Waals surface area contributed by atoms with Gasteiger partial charge in [-0.25, -0.2) is 0 Å². The highest BCUT2D eigenvalue weighted by Crippen LogP contribution is 2.28. The lowest BCUT2D eigenvalue weighted by Crippen LogP contribution is -2.39. The van der Waals surface area contributed by atoms with Crippen LogP contribution in [0.5, 0.6) is 0 Å². The molecule has 1 atom stereocenters. The molecule has 0 fully saturated rings. The zero-order valence-electron chi connectivity index (χ0n) is 11.1. The van der Waals surface area contributed by atoms with Crippen molar-refractivity contribution in [2.75, 3.05) is 18.6 Å². The van der Waals surface area contributed by atoms with Gasteiger partial charge in [0.1, 0.15) is 0 Å². The van der Waals surface area contributed by atoms with Crippen molar-refractivity contribution in [3.05, 3.63) is 59.9 Å². The van der Waals surface area contributed by atoms with Crippen molar-refractivity contribution in [2.45, 2.75) is 19.1 Å². The lowest BCUT2D eigenvalue weighted by atomic mass is 9.99. The molecular formula is C16H18N2O. The Morgan fingerprint density at radius 3 is 2.84 bits per heavy atom. The summed E-state index contributed by atoms with van der Waals surface area (Å²) in [5.74, 6) is 0. The van der Waals surface area contributed by atoms with Crippen molar-refractivity contribution in [1.29, 1.82) is 0 Å². The number of para-hydroxylation sites is 1. The van der Waals surface area contributed by atoms with Crippen LogP contribution in [-0.2, 0) is 17.7 Å². The number of nitrogens with zero attached hydrogens (tertiary/aromatic N) is 2. The van der Waals surface area contributed by atoms with E-state index in [-0.39, 0.29) is 6.10 Å². The number of hydrogen-bond donors (Lipinski definition) is 0. The Balaban J connectivity index is 1.88. The molecule has 1 aromatic carbocycles. The summed E-state index contributed by atoms with van der Waals surface area (Å²) in [5, 5.41) is 0. The number of ether oxygens (including phenoxy) is 1. The number of pyridine rings is 1. The standard InChI is InChI=1S/C16H18N2O/c1-19-15-10-13-6-2-3-8-16(13)18(12-15)11-14-7-4-5-9-17-14/h2-9,15H,10-12H2,1H3/t15-/m1/s1. The molecule has 0 N–H and O–H groups in total. The van der Waals surface area contributed by atoms with E-state index < -0.39 is 0 Å². The smallest absolute Gasteiger partial charge is 0.0787 e. The van der Waals surface area contributed by atoms with Gasteiger partial charge in [-0.05, 0) is 23.8 Å². The van der Waals surface area contributed by atoms with E-state index in [2.05, 4.69) is 40.2 Å². The molecule has 0 radical (unpaired) electrons. The number of fused-ring (bicyclic) bond motifs is 1. The number of benzene rings is 1. The van der Waals surface area contributed by atoms with Gasteiger partial charge in [-0.2, -0.15) is 0 Å². The second-order valence-electron chi connectivity index (χ2n) is 4.89. The Kier molecular flexibility index (Phi) is 3.47. The number of rotatable bonds is 3. The molecular weight excluding hydrogens is 236 g/mol. The zero-order chi connectivity index (χ0) is 13.1. The molecule has 98 valence electrons. The summed E-state index contributed by atoms with van der Waals surface area (Å²) in [6.45, 7) is 1.75. The summed E-state index contributed by atoms with van der Waals surface area (Å²) in [7, 11) is 1.79. The molecule has 3 rings (SSSR count). The first-order valence-corrected chi connectivity index (χ1v) is 6.62. The number of aromatic nitrogens is 1. The van der Waals surface area contributed by atoms with Crippen molar-refractivity contribution in [2.24, 2.45) is 0 Å². The maximum absolute atomic E-state index is 5.55. The minimum Gasteiger partial charge on any atom is -0.379 e. The van der Waals surface area contributed by atoms with E-state index >= 15 is 0 Å². The Hall–Kier alpha value is -1.87. The fraction of sp³-hybridized carbons (Fsp3) is 0.312. The van der Waals surface area contributed by atoms with Crippen LogP contribution in [0, 0.1) is 0 Å². The van der Waals surface area contributed by atoms with Gasteiger partial charge in [-0.3, -0.25) is 4.98 Å². The fourth-order valence-corrected chi connectivity index (χ4v) is 2.64. The third kappa shape index (κ3) is 2.61. The zero-order valence-corrected chi connectivity index (χ0v) is 11.1. The van der Waals surface area contributed by atoms with Crippen molar-refractivity contribution in [3.63, 3.8) is 0 Å². The van der Waals surface area contributed by atoms with Crippen LogP contribution in [0.25, 0.3) is 0 Å². The molecule has 0 unspecified atom stereocenters. The molecule has 0 spiro atoms. The maximum Gasteiger partial charge on any atom is 0.0787 e. The van der Waals surface area contributed by atoms with Crippen LogP contribution >= 0.6 is 0 Å². The summed E-state index contributed by atoms with van der Waals surface area (Å²) >= 11 is 0. The minimum absolute atomic E-state index is 0.263. The summed E-state index contributed by atoms with van der Waals surface area (Å²) in [4.78, 5) is 6.77. The molecule has 0 aliphatic carbocycles. The van der Waals surface area contributed by atoms with Crippen LogP contribution in [0.15, 0.2) is 48.7 Å². The van der Waals surface area contributed by atoms with E-state index in [9.17, 15) is 0 Å². The van der Waals surface area contributed by atoms with E-state index in [0.29, 0.717) is 0 Å². The van der Waals surface area contributed by atoms with Crippen LogP contribution in [0.2, 0.25) is 0 Å². The quantitative estimate of drug-likeness (QED) is 0.842. The molecule has 0 saturated heterocycles. The second kappa shape index (κ2) is 5.41. The number of hydrogen-bond acceptors (Lipinski definition) is 3. The molecule has 19 heavy (non-hydrogen) atoms. The van der Waals surface area contributed by atoms with Gasteiger partial charge in [0.15, 0.2) is 0 Å². The second-order valence-corrected chi connectivity index (χ2v) is 4.89. The molecule has 1 aromatic heterocycles. The van der Waals surface area contributed by atoms with Crippen LogP contribution in [0.1, 0.15) is 11.3 Å². The monoisotopic (exact) mass is 254 g/mol. The SMILES string of the molecule is CO[C@@H]1Cc2ccccc2N(Cc2ccccn2)C1. The minimum atomic E-state index is 0.263. The third-order valence-corrected chi connectivity index (χ3v) is 3.62. The average Bonchev–Trinajstić information content (AvgIpc) is 2.48. The van der Waals surface area contributed by atoms with Crippen LogP contribution < -0.4 is 4.90 Å². The lowest BCUT2D eigenvalue weighted by Gasteiger charge is -2.35. The lowest BCUT2D eigenvalue weighted by molar-refractivity contribution is 0.104.